The molecule has 29 heavy (non-hydrogen) atoms. The number of esters is 1. The van der Waals surface area contributed by atoms with Gasteiger partial charge in [0, 0.05) is 22.0 Å². The Hall–Kier alpha value is -2.71. The lowest BCUT2D eigenvalue weighted by molar-refractivity contribution is -0.146. The average molecular weight is 479 g/mol. The fourth-order valence-electron chi connectivity index (χ4n) is 2.62. The number of hydrogen-bond acceptors (Lipinski definition) is 6. The Balaban J connectivity index is 1.60. The van der Waals surface area contributed by atoms with Gasteiger partial charge in [0.25, 0.3) is 5.89 Å². The second-order valence-electron chi connectivity index (χ2n) is 6.19. The van der Waals surface area contributed by atoms with Crippen molar-refractivity contribution in [3.8, 4) is 11.4 Å². The Morgan fingerprint density at radius 3 is 2.69 bits per heavy atom. The quantitative estimate of drug-likeness (QED) is 0.504. The van der Waals surface area contributed by atoms with Gasteiger partial charge in [-0.15, -0.1) is 0 Å². The molecule has 0 radical (unpaired) electrons. The van der Waals surface area contributed by atoms with Crippen LogP contribution in [0.25, 0.3) is 11.4 Å². The van der Waals surface area contributed by atoms with Gasteiger partial charge in [0.15, 0.2) is 6.61 Å². The molecule has 0 fully saturated rings. The van der Waals surface area contributed by atoms with Gasteiger partial charge in [-0.25, -0.2) is 0 Å². The largest absolute Gasteiger partial charge is 0.455 e. The third kappa shape index (κ3) is 6.13. The van der Waals surface area contributed by atoms with Crippen molar-refractivity contribution in [2.75, 3.05) is 0 Å². The second-order valence-corrected chi connectivity index (χ2v) is 7.54. The lowest BCUT2D eigenvalue weighted by atomic mass is 10.0. The fraction of sp³-hybridized carbons (Fsp3) is 0.200. The van der Waals surface area contributed by atoms with E-state index in [2.05, 4.69) is 31.4 Å². The van der Waals surface area contributed by atoms with E-state index in [1.54, 1.807) is 24.3 Å². The number of aromatic nitrogens is 2. The lowest BCUT2D eigenvalue weighted by Gasteiger charge is -2.17. The van der Waals surface area contributed by atoms with Crippen LogP contribution in [0.3, 0.4) is 0 Å². The molecule has 1 heterocycles. The van der Waals surface area contributed by atoms with Gasteiger partial charge in [-0.3, -0.25) is 9.59 Å². The summed E-state index contributed by atoms with van der Waals surface area (Å²) in [5, 5.41) is 7.20. The predicted octanol–water partition coefficient (Wildman–Crippen LogP) is 4.46. The van der Waals surface area contributed by atoms with Crippen molar-refractivity contribution >= 4 is 39.4 Å². The zero-order valence-corrected chi connectivity index (χ0v) is 17.7. The smallest absolute Gasteiger partial charge is 0.308 e. The summed E-state index contributed by atoms with van der Waals surface area (Å²) in [6.07, 6.45) is -0.0478. The molecule has 1 aromatic heterocycles. The standard InChI is InChI=1S/C20H17BrClN3O4/c1-12(26)23-17(13-5-7-16(22)8-6-13)10-19(27)28-11-18-24-20(25-29-18)14-3-2-4-15(21)9-14/h2-9,17H,10-11H2,1H3,(H,23,26). The van der Waals surface area contributed by atoms with Crippen LogP contribution in [0.1, 0.15) is 30.8 Å². The van der Waals surface area contributed by atoms with Gasteiger partial charge in [0.2, 0.25) is 11.7 Å². The minimum Gasteiger partial charge on any atom is -0.455 e. The van der Waals surface area contributed by atoms with E-state index in [4.69, 9.17) is 20.9 Å². The number of amides is 1. The number of halogens is 2. The number of nitrogens with zero attached hydrogens (tertiary/aromatic N) is 2. The summed E-state index contributed by atoms with van der Waals surface area (Å²) < 4.78 is 11.3. The minimum absolute atomic E-state index is 0.0478. The van der Waals surface area contributed by atoms with Crippen LogP contribution in [-0.2, 0) is 20.9 Å². The van der Waals surface area contributed by atoms with Crippen molar-refractivity contribution in [1.82, 2.24) is 15.5 Å². The minimum atomic E-state index is -0.530. The molecular formula is C20H17BrClN3O4. The molecule has 150 valence electrons. The van der Waals surface area contributed by atoms with Gasteiger partial charge in [0.05, 0.1) is 12.5 Å². The first kappa shape index (κ1) is 21.0. The van der Waals surface area contributed by atoms with E-state index >= 15 is 0 Å². The Kier molecular flexibility index (Phi) is 7.00. The predicted molar refractivity (Wildman–Crippen MR) is 110 cm³/mol. The summed E-state index contributed by atoms with van der Waals surface area (Å²) in [5.74, 6) is -0.195. The monoisotopic (exact) mass is 477 g/mol. The molecule has 0 aliphatic heterocycles. The van der Waals surface area contributed by atoms with Crippen molar-refractivity contribution in [3.05, 3.63) is 69.5 Å². The molecule has 2 aromatic carbocycles. The molecule has 0 bridgehead atoms. The van der Waals surface area contributed by atoms with E-state index in [0.29, 0.717) is 10.8 Å². The summed E-state index contributed by atoms with van der Waals surface area (Å²) >= 11 is 9.28. The SMILES string of the molecule is CC(=O)NC(CC(=O)OCc1nc(-c2cccc(Br)c2)no1)c1ccc(Cl)cc1. The summed E-state index contributed by atoms with van der Waals surface area (Å²) in [6, 6.07) is 13.8. The van der Waals surface area contributed by atoms with Crippen LogP contribution in [0.5, 0.6) is 0 Å². The lowest BCUT2D eigenvalue weighted by Crippen LogP contribution is -2.28. The molecule has 0 saturated carbocycles. The van der Waals surface area contributed by atoms with Crippen molar-refractivity contribution in [3.63, 3.8) is 0 Å². The summed E-state index contributed by atoms with van der Waals surface area (Å²) in [5.41, 5.74) is 1.52. The van der Waals surface area contributed by atoms with E-state index in [0.717, 1.165) is 15.6 Å². The van der Waals surface area contributed by atoms with Crippen LogP contribution in [0.4, 0.5) is 0 Å². The molecule has 1 N–H and O–H groups in total. The highest BCUT2D eigenvalue weighted by molar-refractivity contribution is 9.10. The van der Waals surface area contributed by atoms with E-state index in [1.807, 2.05) is 24.3 Å². The highest BCUT2D eigenvalue weighted by Gasteiger charge is 2.19. The van der Waals surface area contributed by atoms with E-state index in [9.17, 15) is 9.59 Å². The first-order valence-electron chi connectivity index (χ1n) is 8.67. The van der Waals surface area contributed by atoms with Crippen LogP contribution >= 0.6 is 27.5 Å². The summed E-state index contributed by atoms with van der Waals surface area (Å²) in [7, 11) is 0. The zero-order chi connectivity index (χ0) is 20.8. The maximum absolute atomic E-state index is 12.3. The zero-order valence-electron chi connectivity index (χ0n) is 15.4. The topological polar surface area (TPSA) is 94.3 Å². The number of nitrogens with one attached hydrogen (secondary N) is 1. The van der Waals surface area contributed by atoms with Crippen LogP contribution in [0.2, 0.25) is 5.02 Å². The molecule has 1 unspecified atom stereocenters. The van der Waals surface area contributed by atoms with Crippen molar-refractivity contribution in [2.24, 2.45) is 0 Å². The Labute approximate surface area is 180 Å². The highest BCUT2D eigenvalue weighted by Crippen LogP contribution is 2.22. The highest BCUT2D eigenvalue weighted by atomic mass is 79.9. The fourth-order valence-corrected chi connectivity index (χ4v) is 3.14. The number of rotatable bonds is 7. The molecule has 1 amide bonds. The van der Waals surface area contributed by atoms with Gasteiger partial charge in [-0.05, 0) is 29.8 Å². The van der Waals surface area contributed by atoms with Gasteiger partial charge < -0.3 is 14.6 Å². The summed E-state index contributed by atoms with van der Waals surface area (Å²) in [4.78, 5) is 28.0. The normalized spacial score (nSPS) is 11.7. The van der Waals surface area contributed by atoms with Crippen molar-refractivity contribution in [2.45, 2.75) is 26.0 Å². The molecule has 3 rings (SSSR count). The van der Waals surface area contributed by atoms with Crippen LogP contribution in [0, 0.1) is 0 Å². The molecule has 1 atom stereocenters. The molecule has 0 spiro atoms. The Morgan fingerprint density at radius 1 is 1.24 bits per heavy atom. The van der Waals surface area contributed by atoms with Crippen LogP contribution in [0.15, 0.2) is 57.5 Å². The Morgan fingerprint density at radius 2 is 2.00 bits per heavy atom. The number of carbonyl (C=O) groups excluding carboxylic acids is 2. The second kappa shape index (κ2) is 9.67. The Bertz CT molecular complexity index is 1010. The summed E-state index contributed by atoms with van der Waals surface area (Å²) in [6.45, 7) is 1.23. The van der Waals surface area contributed by atoms with Gasteiger partial charge >= 0.3 is 5.97 Å². The molecule has 0 aliphatic carbocycles. The van der Waals surface area contributed by atoms with Gasteiger partial charge in [-0.1, -0.05) is 57.0 Å². The number of hydrogen-bond donors (Lipinski definition) is 1. The van der Waals surface area contributed by atoms with Gasteiger partial charge in [0.1, 0.15) is 0 Å². The van der Waals surface area contributed by atoms with E-state index < -0.39 is 12.0 Å². The van der Waals surface area contributed by atoms with Crippen LogP contribution < -0.4 is 5.32 Å². The number of ether oxygens (including phenoxy) is 1. The third-order valence-electron chi connectivity index (χ3n) is 3.93. The molecule has 7 nitrogen and oxygen atoms in total. The third-order valence-corrected chi connectivity index (χ3v) is 4.67. The van der Waals surface area contributed by atoms with Crippen molar-refractivity contribution < 1.29 is 18.8 Å². The number of carbonyl (C=O) groups is 2. The number of benzene rings is 2. The van der Waals surface area contributed by atoms with Crippen molar-refractivity contribution in [1.29, 1.82) is 0 Å². The molecule has 9 heteroatoms. The van der Waals surface area contributed by atoms with Crippen LogP contribution in [-0.4, -0.2) is 22.0 Å². The molecular weight excluding hydrogens is 462 g/mol. The first-order valence-corrected chi connectivity index (χ1v) is 9.84. The average Bonchev–Trinajstić information content (AvgIpc) is 3.15. The van der Waals surface area contributed by atoms with Gasteiger partial charge in [-0.2, -0.15) is 4.98 Å². The molecule has 3 aromatic rings. The van der Waals surface area contributed by atoms with E-state index in [1.165, 1.54) is 6.92 Å². The maximum Gasteiger partial charge on any atom is 0.308 e. The molecule has 0 saturated heterocycles. The first-order chi connectivity index (χ1) is 13.9. The molecule has 0 aliphatic rings. The van der Waals surface area contributed by atoms with E-state index in [-0.39, 0.29) is 24.8 Å². The maximum atomic E-state index is 12.3.